The van der Waals surface area contributed by atoms with E-state index in [4.69, 9.17) is 0 Å². The van der Waals surface area contributed by atoms with E-state index in [1.807, 2.05) is 0 Å². The summed E-state index contributed by atoms with van der Waals surface area (Å²) < 4.78 is 0. The Labute approximate surface area is 125 Å². The Hall–Kier alpha value is -1.59. The second-order valence-corrected chi connectivity index (χ2v) is 5.98. The minimum atomic E-state index is -0.638. The van der Waals surface area contributed by atoms with Crippen LogP contribution in [-0.4, -0.2) is 41.4 Å². The first-order chi connectivity index (χ1) is 10.1. The Morgan fingerprint density at radius 1 is 1.29 bits per heavy atom. The topological polar surface area (TPSA) is 78.5 Å². The molecule has 0 aromatic heterocycles. The van der Waals surface area contributed by atoms with Crippen LogP contribution < -0.4 is 10.6 Å². The summed E-state index contributed by atoms with van der Waals surface area (Å²) in [5, 5.41) is 5.68. The van der Waals surface area contributed by atoms with Crippen molar-refractivity contribution < 1.29 is 14.4 Å². The largest absolute Gasteiger partial charge is 0.356 e. The van der Waals surface area contributed by atoms with Crippen LogP contribution in [0.5, 0.6) is 0 Å². The number of nitrogens with zero attached hydrogens (tertiary/aromatic N) is 1. The molecule has 0 aromatic carbocycles. The summed E-state index contributed by atoms with van der Waals surface area (Å²) in [5.41, 5.74) is -0.638. The molecule has 0 unspecified atom stereocenters. The number of carbonyl (C=O) groups excluding carboxylic acids is 3. The maximum Gasteiger partial charge on any atom is 0.325 e. The number of amides is 4. The summed E-state index contributed by atoms with van der Waals surface area (Å²) >= 11 is 0. The fourth-order valence-electron chi connectivity index (χ4n) is 3.09. The molecular formula is C15H25N3O3. The predicted octanol–water partition coefficient (Wildman–Crippen LogP) is 1.55. The summed E-state index contributed by atoms with van der Waals surface area (Å²) in [6, 6.07) is -0.298. The molecule has 1 aliphatic heterocycles. The van der Waals surface area contributed by atoms with E-state index in [0.29, 0.717) is 25.9 Å². The van der Waals surface area contributed by atoms with E-state index in [1.165, 1.54) is 4.90 Å². The molecule has 2 aliphatic rings. The summed E-state index contributed by atoms with van der Waals surface area (Å²) in [4.78, 5) is 37.2. The van der Waals surface area contributed by atoms with Crippen molar-refractivity contribution in [2.45, 2.75) is 63.8 Å². The Balaban J connectivity index is 1.74. The SMILES string of the molecule is CCCCNC(=O)CCCN1C(=O)NC2(CCCC2)C1=O. The van der Waals surface area contributed by atoms with Crippen LogP contribution in [-0.2, 0) is 9.59 Å². The third-order valence-corrected chi connectivity index (χ3v) is 4.34. The summed E-state index contributed by atoms with van der Waals surface area (Å²) in [7, 11) is 0. The number of carbonyl (C=O) groups is 3. The first-order valence-corrected chi connectivity index (χ1v) is 8.00. The highest BCUT2D eigenvalue weighted by molar-refractivity contribution is 6.07. The molecule has 0 radical (unpaired) electrons. The monoisotopic (exact) mass is 295 g/mol. The maximum absolute atomic E-state index is 12.4. The fraction of sp³-hybridized carbons (Fsp3) is 0.800. The lowest BCUT2D eigenvalue weighted by Crippen LogP contribution is -2.44. The van der Waals surface area contributed by atoms with Crippen molar-refractivity contribution in [3.05, 3.63) is 0 Å². The van der Waals surface area contributed by atoms with Gasteiger partial charge in [-0.05, 0) is 25.7 Å². The lowest BCUT2D eigenvalue weighted by atomic mass is 9.98. The van der Waals surface area contributed by atoms with Gasteiger partial charge in [0.1, 0.15) is 5.54 Å². The number of rotatable bonds is 7. The molecule has 6 nitrogen and oxygen atoms in total. The summed E-state index contributed by atoms with van der Waals surface area (Å²) in [6.45, 7) is 3.10. The minimum absolute atomic E-state index is 0.00826. The van der Waals surface area contributed by atoms with E-state index in [0.717, 1.165) is 38.5 Å². The number of hydrogen-bond donors (Lipinski definition) is 2. The highest BCUT2D eigenvalue weighted by atomic mass is 16.2. The first kappa shape index (κ1) is 15.8. The van der Waals surface area contributed by atoms with Crippen LogP contribution in [0.3, 0.4) is 0 Å². The first-order valence-electron chi connectivity index (χ1n) is 8.00. The number of nitrogens with one attached hydrogen (secondary N) is 2. The zero-order valence-corrected chi connectivity index (χ0v) is 12.7. The van der Waals surface area contributed by atoms with Crippen LogP contribution in [0.1, 0.15) is 58.3 Å². The number of unbranched alkanes of at least 4 members (excludes halogenated alkanes) is 1. The van der Waals surface area contributed by atoms with Crippen LogP contribution in [0, 0.1) is 0 Å². The molecule has 1 saturated carbocycles. The van der Waals surface area contributed by atoms with Gasteiger partial charge in [-0.15, -0.1) is 0 Å². The van der Waals surface area contributed by atoms with Gasteiger partial charge < -0.3 is 10.6 Å². The van der Waals surface area contributed by atoms with Gasteiger partial charge in [-0.2, -0.15) is 0 Å². The number of imide groups is 1. The van der Waals surface area contributed by atoms with E-state index in [2.05, 4.69) is 17.6 Å². The molecule has 0 bridgehead atoms. The zero-order valence-electron chi connectivity index (χ0n) is 12.7. The smallest absolute Gasteiger partial charge is 0.325 e. The van der Waals surface area contributed by atoms with E-state index in [9.17, 15) is 14.4 Å². The zero-order chi connectivity index (χ0) is 15.3. The highest BCUT2D eigenvalue weighted by Gasteiger charge is 2.51. The average Bonchev–Trinajstić information content (AvgIpc) is 3.00. The van der Waals surface area contributed by atoms with Gasteiger partial charge in [0.25, 0.3) is 5.91 Å². The minimum Gasteiger partial charge on any atom is -0.356 e. The molecule has 0 aromatic rings. The van der Waals surface area contributed by atoms with Crippen molar-refractivity contribution in [3.63, 3.8) is 0 Å². The van der Waals surface area contributed by atoms with Crippen LogP contribution >= 0.6 is 0 Å². The van der Waals surface area contributed by atoms with E-state index in [1.54, 1.807) is 0 Å². The van der Waals surface area contributed by atoms with Crippen LogP contribution in [0.15, 0.2) is 0 Å². The predicted molar refractivity (Wildman–Crippen MR) is 78.6 cm³/mol. The fourth-order valence-corrected chi connectivity index (χ4v) is 3.09. The van der Waals surface area contributed by atoms with Gasteiger partial charge in [-0.25, -0.2) is 4.79 Å². The third kappa shape index (κ3) is 3.54. The van der Waals surface area contributed by atoms with Crippen molar-refractivity contribution in [1.29, 1.82) is 0 Å². The van der Waals surface area contributed by atoms with Gasteiger partial charge in [-0.1, -0.05) is 26.2 Å². The quantitative estimate of drug-likeness (QED) is 0.552. The second-order valence-electron chi connectivity index (χ2n) is 5.98. The molecule has 118 valence electrons. The Bertz CT molecular complexity index is 416. The highest BCUT2D eigenvalue weighted by Crippen LogP contribution is 2.35. The molecule has 2 rings (SSSR count). The van der Waals surface area contributed by atoms with Crippen molar-refractivity contribution in [3.8, 4) is 0 Å². The van der Waals surface area contributed by atoms with Crippen molar-refractivity contribution in [2.24, 2.45) is 0 Å². The van der Waals surface area contributed by atoms with Gasteiger partial charge in [0.05, 0.1) is 0 Å². The Kier molecular flexibility index (Phi) is 5.20. The van der Waals surface area contributed by atoms with Crippen LogP contribution in [0.25, 0.3) is 0 Å². The third-order valence-electron chi connectivity index (χ3n) is 4.34. The molecular weight excluding hydrogens is 270 g/mol. The van der Waals surface area contributed by atoms with Gasteiger partial charge in [0.2, 0.25) is 5.91 Å². The van der Waals surface area contributed by atoms with Crippen LogP contribution in [0.4, 0.5) is 4.79 Å². The van der Waals surface area contributed by atoms with Gasteiger partial charge in [-0.3, -0.25) is 14.5 Å². The van der Waals surface area contributed by atoms with Crippen molar-refractivity contribution in [1.82, 2.24) is 15.5 Å². The number of urea groups is 1. The lowest BCUT2D eigenvalue weighted by molar-refractivity contribution is -0.131. The molecule has 2 N–H and O–H groups in total. The van der Waals surface area contributed by atoms with E-state index < -0.39 is 5.54 Å². The van der Waals surface area contributed by atoms with E-state index in [-0.39, 0.29) is 17.8 Å². The van der Waals surface area contributed by atoms with E-state index >= 15 is 0 Å². The molecule has 0 atom stereocenters. The van der Waals surface area contributed by atoms with Gasteiger partial charge >= 0.3 is 6.03 Å². The van der Waals surface area contributed by atoms with Gasteiger partial charge in [0.15, 0.2) is 0 Å². The molecule has 1 saturated heterocycles. The van der Waals surface area contributed by atoms with Crippen molar-refractivity contribution in [2.75, 3.05) is 13.1 Å². The molecule has 4 amide bonds. The molecule has 1 heterocycles. The van der Waals surface area contributed by atoms with Gasteiger partial charge in [0, 0.05) is 19.5 Å². The summed E-state index contributed by atoms with van der Waals surface area (Å²) in [6.07, 6.45) is 6.35. The molecule has 1 aliphatic carbocycles. The summed E-state index contributed by atoms with van der Waals surface area (Å²) in [5.74, 6) is -0.109. The normalized spacial score (nSPS) is 20.1. The molecule has 1 spiro atoms. The lowest BCUT2D eigenvalue weighted by Gasteiger charge is -2.19. The molecule has 6 heteroatoms. The standard InChI is InChI=1S/C15H25N3O3/c1-2-3-10-16-12(19)7-6-11-18-13(20)15(17-14(18)21)8-4-5-9-15/h2-11H2,1H3,(H,16,19)(H,17,21). The average molecular weight is 295 g/mol. The maximum atomic E-state index is 12.4. The second kappa shape index (κ2) is 6.91. The van der Waals surface area contributed by atoms with Crippen molar-refractivity contribution >= 4 is 17.8 Å². The Morgan fingerprint density at radius 3 is 2.67 bits per heavy atom. The molecule has 2 fully saturated rings. The Morgan fingerprint density at radius 2 is 2.00 bits per heavy atom. The molecule has 21 heavy (non-hydrogen) atoms. The number of hydrogen-bond acceptors (Lipinski definition) is 3. The van der Waals surface area contributed by atoms with Crippen LogP contribution in [0.2, 0.25) is 0 Å².